The molecule has 0 bridgehead atoms. The van der Waals surface area contributed by atoms with Crippen molar-refractivity contribution in [3.05, 3.63) is 29.2 Å². The Bertz CT molecular complexity index is 745. The van der Waals surface area contributed by atoms with Gasteiger partial charge in [-0.15, -0.1) is 0 Å². The van der Waals surface area contributed by atoms with Gasteiger partial charge in [-0.25, -0.2) is 4.98 Å². The van der Waals surface area contributed by atoms with Crippen molar-refractivity contribution >= 4 is 11.1 Å². The van der Waals surface area contributed by atoms with Crippen LogP contribution in [0, 0.1) is 11.3 Å². The lowest BCUT2D eigenvalue weighted by Gasteiger charge is -2.27. The molecule has 2 aromatic rings. The van der Waals surface area contributed by atoms with Crippen molar-refractivity contribution in [1.29, 1.82) is 5.26 Å². The van der Waals surface area contributed by atoms with Gasteiger partial charge in [-0.05, 0) is 44.0 Å². The van der Waals surface area contributed by atoms with Crippen molar-refractivity contribution in [2.45, 2.75) is 57.7 Å². The molecule has 2 unspecified atom stereocenters. The van der Waals surface area contributed by atoms with Crippen LogP contribution in [0.5, 0.6) is 0 Å². The topological polar surface area (TPSA) is 73.3 Å². The van der Waals surface area contributed by atoms with Crippen molar-refractivity contribution in [2.24, 2.45) is 0 Å². The fraction of sp³-hybridized carbons (Fsp3) is 0.556. The summed E-state index contributed by atoms with van der Waals surface area (Å²) < 4.78 is 5.74. The third-order valence-corrected chi connectivity index (χ3v) is 4.62. The summed E-state index contributed by atoms with van der Waals surface area (Å²) in [5.41, 5.74) is 2.86. The lowest BCUT2D eigenvalue weighted by atomic mass is 10.1. The van der Waals surface area contributed by atoms with Gasteiger partial charge in [0.15, 0.2) is 11.5 Å². The Morgan fingerprint density at radius 1 is 1.43 bits per heavy atom. The molecule has 1 fully saturated rings. The maximum absolute atomic E-state index is 10.1. The Kier molecular flexibility index (Phi) is 4.38. The van der Waals surface area contributed by atoms with E-state index in [1.54, 1.807) is 0 Å². The molecule has 0 spiro atoms. The number of fused-ring (bicyclic) bond motifs is 1. The summed E-state index contributed by atoms with van der Waals surface area (Å²) in [5.74, 6) is 0.849. The molecule has 1 aliphatic rings. The third-order valence-electron chi connectivity index (χ3n) is 4.62. The van der Waals surface area contributed by atoms with E-state index in [1.807, 2.05) is 33.0 Å². The quantitative estimate of drug-likeness (QED) is 0.938. The number of aliphatic hydroxyl groups is 1. The molecule has 5 heteroatoms. The Labute approximate surface area is 136 Å². The predicted octanol–water partition coefficient (Wildman–Crippen LogP) is 3.17. The molecule has 3 rings (SSSR count). The molecule has 122 valence electrons. The predicted molar refractivity (Wildman–Crippen MR) is 87.9 cm³/mol. The minimum absolute atomic E-state index is 0.189. The van der Waals surface area contributed by atoms with Crippen LogP contribution >= 0.6 is 0 Å². The molecule has 0 aliphatic heterocycles. The molecule has 1 aliphatic carbocycles. The number of aliphatic hydroxyl groups excluding tert-OH is 1. The van der Waals surface area contributed by atoms with E-state index >= 15 is 0 Å². The zero-order valence-electron chi connectivity index (χ0n) is 13.9. The standard InChI is InChI=1S/C18H23N3O2/c1-11(2)18-20-14-8-12(7-13(9-19)17(14)23-18)10-21(3)15-5-4-6-16(15)22/h7-8,11,15-16,22H,4-6,10H2,1-3H3. The summed E-state index contributed by atoms with van der Waals surface area (Å²) in [6.07, 6.45) is 2.71. The second-order valence-electron chi connectivity index (χ2n) is 6.79. The van der Waals surface area contributed by atoms with Crippen LogP contribution in [-0.4, -0.2) is 34.2 Å². The lowest BCUT2D eigenvalue weighted by Crippen LogP contribution is -2.36. The fourth-order valence-corrected chi connectivity index (χ4v) is 3.37. The van der Waals surface area contributed by atoms with E-state index in [4.69, 9.17) is 4.42 Å². The second kappa shape index (κ2) is 6.31. The third kappa shape index (κ3) is 3.10. The number of rotatable bonds is 4. The van der Waals surface area contributed by atoms with E-state index in [9.17, 15) is 10.4 Å². The highest BCUT2D eigenvalue weighted by atomic mass is 16.3. The zero-order chi connectivity index (χ0) is 16.6. The molecule has 5 nitrogen and oxygen atoms in total. The van der Waals surface area contributed by atoms with Crippen molar-refractivity contribution in [2.75, 3.05) is 7.05 Å². The molecule has 1 heterocycles. The largest absolute Gasteiger partial charge is 0.439 e. The summed E-state index contributed by atoms with van der Waals surface area (Å²) in [4.78, 5) is 6.69. The van der Waals surface area contributed by atoms with Crippen LogP contribution in [-0.2, 0) is 6.54 Å². The van der Waals surface area contributed by atoms with Gasteiger partial charge in [0, 0.05) is 18.5 Å². The van der Waals surface area contributed by atoms with Crippen LogP contribution in [0.3, 0.4) is 0 Å². The molecular weight excluding hydrogens is 290 g/mol. The van der Waals surface area contributed by atoms with Crippen molar-refractivity contribution in [1.82, 2.24) is 9.88 Å². The highest BCUT2D eigenvalue weighted by molar-refractivity contribution is 5.80. The number of benzene rings is 1. The summed E-state index contributed by atoms with van der Waals surface area (Å²) in [5, 5.41) is 19.5. The van der Waals surface area contributed by atoms with Crippen LogP contribution in [0.4, 0.5) is 0 Å². The minimum atomic E-state index is -0.251. The number of oxazole rings is 1. The number of aromatic nitrogens is 1. The van der Waals surface area contributed by atoms with Gasteiger partial charge in [-0.2, -0.15) is 5.26 Å². The summed E-state index contributed by atoms with van der Waals surface area (Å²) in [6, 6.07) is 6.27. The van der Waals surface area contributed by atoms with Crippen LogP contribution in [0.15, 0.2) is 16.5 Å². The van der Waals surface area contributed by atoms with Gasteiger partial charge in [0.1, 0.15) is 11.6 Å². The number of nitrogens with zero attached hydrogens (tertiary/aromatic N) is 3. The van der Waals surface area contributed by atoms with E-state index in [1.165, 1.54) is 0 Å². The first-order valence-corrected chi connectivity index (χ1v) is 8.21. The lowest BCUT2D eigenvalue weighted by molar-refractivity contribution is 0.0825. The van der Waals surface area contributed by atoms with Gasteiger partial charge in [0.2, 0.25) is 0 Å². The highest BCUT2D eigenvalue weighted by Crippen LogP contribution is 2.28. The Hall–Kier alpha value is -1.90. The Morgan fingerprint density at radius 2 is 2.22 bits per heavy atom. The monoisotopic (exact) mass is 313 g/mol. The first kappa shape index (κ1) is 16.0. The van der Waals surface area contributed by atoms with E-state index in [-0.39, 0.29) is 18.1 Å². The van der Waals surface area contributed by atoms with Crippen molar-refractivity contribution in [3.8, 4) is 6.07 Å². The molecule has 1 saturated carbocycles. The summed E-state index contributed by atoms with van der Waals surface area (Å²) in [6.45, 7) is 4.73. The van der Waals surface area contributed by atoms with E-state index < -0.39 is 0 Å². The molecule has 1 N–H and O–H groups in total. The average molecular weight is 313 g/mol. The molecule has 0 saturated heterocycles. The maximum atomic E-state index is 10.1. The van der Waals surface area contributed by atoms with Crippen LogP contribution < -0.4 is 0 Å². The fourth-order valence-electron chi connectivity index (χ4n) is 3.37. The van der Waals surface area contributed by atoms with Gasteiger partial charge in [0.25, 0.3) is 0 Å². The van der Waals surface area contributed by atoms with Gasteiger partial charge < -0.3 is 9.52 Å². The SMILES string of the molecule is CC(C)c1nc2cc(CN(C)C3CCCC3O)cc(C#N)c2o1. The zero-order valence-corrected chi connectivity index (χ0v) is 13.9. The highest BCUT2D eigenvalue weighted by Gasteiger charge is 2.28. The molecule has 0 radical (unpaired) electrons. The van der Waals surface area contributed by atoms with Crippen LogP contribution in [0.1, 0.15) is 56.0 Å². The molecular formula is C18H23N3O2. The smallest absolute Gasteiger partial charge is 0.198 e. The average Bonchev–Trinajstić information content (AvgIpc) is 3.12. The second-order valence-corrected chi connectivity index (χ2v) is 6.79. The number of nitriles is 1. The molecule has 1 aromatic carbocycles. The minimum Gasteiger partial charge on any atom is -0.439 e. The van der Waals surface area contributed by atoms with E-state index in [0.717, 1.165) is 30.3 Å². The normalized spacial score (nSPS) is 21.4. The van der Waals surface area contributed by atoms with E-state index in [0.29, 0.717) is 23.6 Å². The molecule has 23 heavy (non-hydrogen) atoms. The summed E-state index contributed by atoms with van der Waals surface area (Å²) in [7, 11) is 2.03. The molecule has 1 aromatic heterocycles. The number of hydrogen-bond acceptors (Lipinski definition) is 5. The maximum Gasteiger partial charge on any atom is 0.198 e. The van der Waals surface area contributed by atoms with Gasteiger partial charge in [-0.1, -0.05) is 13.8 Å². The van der Waals surface area contributed by atoms with E-state index in [2.05, 4.69) is 16.0 Å². The van der Waals surface area contributed by atoms with Gasteiger partial charge in [-0.3, -0.25) is 4.90 Å². The number of hydrogen-bond donors (Lipinski definition) is 1. The van der Waals surface area contributed by atoms with Crippen LogP contribution in [0.25, 0.3) is 11.1 Å². The van der Waals surface area contributed by atoms with Crippen LogP contribution in [0.2, 0.25) is 0 Å². The van der Waals surface area contributed by atoms with Gasteiger partial charge in [0.05, 0.1) is 11.7 Å². The van der Waals surface area contributed by atoms with Gasteiger partial charge >= 0.3 is 0 Å². The van der Waals surface area contributed by atoms with Crippen molar-refractivity contribution in [3.63, 3.8) is 0 Å². The Morgan fingerprint density at radius 3 is 2.83 bits per heavy atom. The van der Waals surface area contributed by atoms with Crippen molar-refractivity contribution < 1.29 is 9.52 Å². The number of likely N-dealkylation sites (N-methyl/N-ethyl adjacent to an activating group) is 1. The first-order valence-electron chi connectivity index (χ1n) is 8.21. The summed E-state index contributed by atoms with van der Waals surface area (Å²) >= 11 is 0. The molecule has 0 amide bonds. The first-order chi connectivity index (χ1) is 11.0. The molecule has 2 atom stereocenters. The Balaban J connectivity index is 1.90.